The quantitative estimate of drug-likeness (QED) is 0.338. The maximum atomic E-state index is 12.9. The first-order valence-corrected chi connectivity index (χ1v) is 14.2. The molecule has 1 amide bonds. The molecular weight excluding hydrogens is 508 g/mol. The number of hydrogen-bond acceptors (Lipinski definition) is 7. The molecule has 1 aliphatic heterocycles. The zero-order chi connectivity index (χ0) is 24.6. The van der Waals surface area contributed by atoms with Crippen molar-refractivity contribution in [1.82, 2.24) is 29.2 Å². The monoisotopic (exact) mass is 530 g/mol. The predicted octanol–water partition coefficient (Wildman–Crippen LogP) is 3.06. The molecule has 3 heterocycles. The molecule has 182 valence electrons. The van der Waals surface area contributed by atoms with Gasteiger partial charge in [-0.15, -0.1) is 10.2 Å². The van der Waals surface area contributed by atoms with E-state index in [1.54, 1.807) is 19.4 Å². The lowest BCUT2D eigenvalue weighted by Crippen LogP contribution is -2.38. The van der Waals surface area contributed by atoms with Crippen molar-refractivity contribution in [1.29, 1.82) is 0 Å². The van der Waals surface area contributed by atoms with Crippen molar-refractivity contribution in [2.24, 2.45) is 0 Å². The second kappa shape index (κ2) is 9.63. The lowest BCUT2D eigenvalue weighted by atomic mass is 10.2. The summed E-state index contributed by atoms with van der Waals surface area (Å²) in [6, 6.07) is 14.9. The van der Waals surface area contributed by atoms with Crippen molar-refractivity contribution < 1.29 is 13.2 Å². The first-order chi connectivity index (χ1) is 16.8. The van der Waals surface area contributed by atoms with Gasteiger partial charge in [0.15, 0.2) is 20.8 Å². The summed E-state index contributed by atoms with van der Waals surface area (Å²) in [5, 5.41) is 9.84. The smallest absolute Gasteiger partial charge is 0.233 e. The SMILES string of the molecule is CN(C(=O)CSc1nnc(Cn2cnc3ccccc32)n1-c1ccccc1Cl)[C@H]1CCS(=O)(=O)C1. The number of amides is 1. The van der Waals surface area contributed by atoms with E-state index in [0.29, 0.717) is 34.7 Å². The highest BCUT2D eigenvalue weighted by atomic mass is 35.5. The van der Waals surface area contributed by atoms with Crippen molar-refractivity contribution in [3.05, 3.63) is 65.7 Å². The Balaban J connectivity index is 1.41. The molecule has 0 aliphatic carbocycles. The van der Waals surface area contributed by atoms with Gasteiger partial charge in [0.1, 0.15) is 0 Å². The number of nitrogens with zero attached hydrogens (tertiary/aromatic N) is 6. The fraction of sp³-hybridized carbons (Fsp3) is 0.304. The van der Waals surface area contributed by atoms with Gasteiger partial charge < -0.3 is 9.47 Å². The number of hydrogen-bond donors (Lipinski definition) is 0. The molecular formula is C23H23ClN6O3S2. The Kier molecular flexibility index (Phi) is 6.56. The van der Waals surface area contributed by atoms with Crippen LogP contribution in [0.3, 0.4) is 0 Å². The van der Waals surface area contributed by atoms with Crippen LogP contribution in [0.4, 0.5) is 0 Å². The molecule has 1 fully saturated rings. The molecule has 0 unspecified atom stereocenters. The zero-order valence-corrected chi connectivity index (χ0v) is 21.3. The van der Waals surface area contributed by atoms with Gasteiger partial charge in [0, 0.05) is 13.1 Å². The summed E-state index contributed by atoms with van der Waals surface area (Å²) in [7, 11) is -1.42. The highest BCUT2D eigenvalue weighted by molar-refractivity contribution is 7.99. The molecule has 1 aliphatic rings. The van der Waals surface area contributed by atoms with E-state index >= 15 is 0 Å². The fourth-order valence-corrected chi connectivity index (χ4v) is 7.05. The second-order valence-corrected chi connectivity index (χ2v) is 12.0. The van der Waals surface area contributed by atoms with Crippen LogP contribution in [0.15, 0.2) is 60.0 Å². The largest absolute Gasteiger partial charge is 0.341 e. The van der Waals surface area contributed by atoms with Gasteiger partial charge in [0.25, 0.3) is 0 Å². The van der Waals surface area contributed by atoms with Gasteiger partial charge in [0.05, 0.1) is 51.9 Å². The summed E-state index contributed by atoms with van der Waals surface area (Å²) in [4.78, 5) is 18.8. The Bertz CT molecular complexity index is 1500. The number of sulfone groups is 1. The van der Waals surface area contributed by atoms with Gasteiger partial charge in [-0.2, -0.15) is 0 Å². The van der Waals surface area contributed by atoms with E-state index in [2.05, 4.69) is 15.2 Å². The van der Waals surface area contributed by atoms with E-state index in [1.807, 2.05) is 51.6 Å². The van der Waals surface area contributed by atoms with Crippen LogP contribution in [0.1, 0.15) is 12.2 Å². The minimum absolute atomic E-state index is 0.0126. The zero-order valence-electron chi connectivity index (χ0n) is 18.9. The Morgan fingerprint density at radius 1 is 1.17 bits per heavy atom. The number of thioether (sulfide) groups is 1. The molecule has 0 saturated carbocycles. The maximum absolute atomic E-state index is 12.9. The molecule has 12 heteroatoms. The third kappa shape index (κ3) is 4.93. The minimum atomic E-state index is -3.08. The van der Waals surface area contributed by atoms with Crippen molar-refractivity contribution in [3.63, 3.8) is 0 Å². The van der Waals surface area contributed by atoms with Gasteiger partial charge in [-0.25, -0.2) is 13.4 Å². The van der Waals surface area contributed by atoms with Gasteiger partial charge >= 0.3 is 0 Å². The standard InChI is InChI=1S/C23H23ClN6O3S2/c1-28(16-10-11-35(32,33)14-16)22(31)13-34-23-27-26-21(30(23)19-8-4-2-6-17(19)24)12-29-15-25-18-7-3-5-9-20(18)29/h2-9,15-16H,10-14H2,1H3/t16-/m0/s1. The number of fused-ring (bicyclic) bond motifs is 1. The third-order valence-electron chi connectivity index (χ3n) is 6.11. The van der Waals surface area contributed by atoms with E-state index in [1.165, 1.54) is 16.7 Å². The second-order valence-electron chi connectivity index (χ2n) is 8.40. The summed E-state index contributed by atoms with van der Waals surface area (Å²) < 4.78 is 27.5. The number of carbonyl (C=O) groups is 1. The first-order valence-electron chi connectivity index (χ1n) is 11.0. The molecule has 0 N–H and O–H groups in total. The van der Waals surface area contributed by atoms with E-state index in [9.17, 15) is 13.2 Å². The Morgan fingerprint density at radius 2 is 1.94 bits per heavy atom. The molecule has 0 spiro atoms. The maximum Gasteiger partial charge on any atom is 0.233 e. The number of carbonyl (C=O) groups excluding carboxylic acids is 1. The molecule has 5 rings (SSSR count). The summed E-state index contributed by atoms with van der Waals surface area (Å²) in [6.07, 6.45) is 2.23. The van der Waals surface area contributed by atoms with E-state index < -0.39 is 9.84 Å². The number of para-hydroxylation sites is 3. The van der Waals surface area contributed by atoms with Crippen molar-refractivity contribution in [2.75, 3.05) is 24.3 Å². The van der Waals surface area contributed by atoms with Crippen LogP contribution in [0.5, 0.6) is 0 Å². The third-order valence-corrected chi connectivity index (χ3v) is 9.09. The number of imidazole rings is 1. The fourth-order valence-electron chi connectivity index (χ4n) is 4.17. The number of benzene rings is 2. The minimum Gasteiger partial charge on any atom is -0.341 e. The highest BCUT2D eigenvalue weighted by Crippen LogP contribution is 2.28. The summed E-state index contributed by atoms with van der Waals surface area (Å²) >= 11 is 7.77. The first kappa shape index (κ1) is 23.8. The van der Waals surface area contributed by atoms with E-state index in [4.69, 9.17) is 11.6 Å². The summed E-state index contributed by atoms with van der Waals surface area (Å²) in [6.45, 7) is 0.410. The summed E-state index contributed by atoms with van der Waals surface area (Å²) in [5.41, 5.74) is 2.57. The van der Waals surface area contributed by atoms with Crippen LogP contribution in [0, 0.1) is 0 Å². The van der Waals surface area contributed by atoms with Gasteiger partial charge in [0.2, 0.25) is 5.91 Å². The average Bonchev–Trinajstić information content (AvgIpc) is 3.54. The lowest BCUT2D eigenvalue weighted by Gasteiger charge is -2.23. The van der Waals surface area contributed by atoms with Crippen LogP contribution in [0.2, 0.25) is 5.02 Å². The van der Waals surface area contributed by atoms with Crippen molar-refractivity contribution in [3.8, 4) is 5.69 Å². The van der Waals surface area contributed by atoms with Crippen LogP contribution in [-0.2, 0) is 21.2 Å². The molecule has 0 radical (unpaired) electrons. The van der Waals surface area contributed by atoms with Gasteiger partial charge in [-0.3, -0.25) is 9.36 Å². The molecule has 2 aromatic heterocycles. The molecule has 2 aromatic carbocycles. The molecule has 1 atom stereocenters. The van der Waals surface area contributed by atoms with Crippen LogP contribution < -0.4 is 0 Å². The molecule has 9 nitrogen and oxygen atoms in total. The van der Waals surface area contributed by atoms with Crippen LogP contribution >= 0.6 is 23.4 Å². The molecule has 4 aromatic rings. The topological polar surface area (TPSA) is 103 Å². The molecule has 1 saturated heterocycles. The highest BCUT2D eigenvalue weighted by Gasteiger charge is 2.32. The Morgan fingerprint density at radius 3 is 2.71 bits per heavy atom. The van der Waals surface area contributed by atoms with E-state index in [-0.39, 0.29) is 29.2 Å². The van der Waals surface area contributed by atoms with Gasteiger partial charge in [-0.1, -0.05) is 47.6 Å². The number of rotatable bonds is 7. The van der Waals surface area contributed by atoms with Crippen molar-refractivity contribution >= 4 is 50.1 Å². The van der Waals surface area contributed by atoms with E-state index in [0.717, 1.165) is 11.0 Å². The number of aromatic nitrogens is 5. The normalized spacial score (nSPS) is 17.1. The Labute approximate surface area is 212 Å². The number of halogens is 1. The lowest BCUT2D eigenvalue weighted by molar-refractivity contribution is -0.128. The van der Waals surface area contributed by atoms with Crippen molar-refractivity contribution in [2.45, 2.75) is 24.2 Å². The summed E-state index contributed by atoms with van der Waals surface area (Å²) in [5.74, 6) is 0.720. The molecule has 35 heavy (non-hydrogen) atoms. The van der Waals surface area contributed by atoms with Crippen LogP contribution in [-0.4, -0.2) is 73.9 Å². The van der Waals surface area contributed by atoms with Crippen LogP contribution in [0.25, 0.3) is 16.7 Å². The predicted molar refractivity (Wildman–Crippen MR) is 136 cm³/mol. The molecule has 0 bridgehead atoms. The van der Waals surface area contributed by atoms with Gasteiger partial charge in [-0.05, 0) is 30.7 Å². The Hall–Kier alpha value is -2.89. The average molecular weight is 531 g/mol.